The fraction of sp³-hybridized carbons (Fsp3) is 0.143. The molecule has 0 atom stereocenters. The quantitative estimate of drug-likeness (QED) is 0.254. The van der Waals surface area contributed by atoms with Gasteiger partial charge in [-0.05, 0) is 59.2 Å². The number of aromatic hydroxyl groups is 3. The molecule has 3 N–H and O–H groups in total. The molecule has 6 nitrogen and oxygen atoms in total. The van der Waals surface area contributed by atoms with E-state index >= 15 is 0 Å². The van der Waals surface area contributed by atoms with Gasteiger partial charge in [0.25, 0.3) is 0 Å². The van der Waals surface area contributed by atoms with Gasteiger partial charge in [-0.1, -0.05) is 30.3 Å². The zero-order valence-corrected chi connectivity index (χ0v) is 19.8. The molecule has 4 aromatic carbocycles. The fourth-order valence-electron chi connectivity index (χ4n) is 3.87. The SMILES string of the molecule is COc1cc(-c2ccc(O)cc2)c(OC)c(O)c1-c1ccc(OCc2ccc(C(F)(F)F)cc2)c(O)c1. The summed E-state index contributed by atoms with van der Waals surface area (Å²) in [4.78, 5) is 0. The Morgan fingerprint density at radius 3 is 1.95 bits per heavy atom. The molecule has 0 spiro atoms. The van der Waals surface area contributed by atoms with Gasteiger partial charge in [0.15, 0.2) is 23.0 Å². The molecule has 0 saturated carbocycles. The molecule has 37 heavy (non-hydrogen) atoms. The Hall–Kier alpha value is -4.53. The van der Waals surface area contributed by atoms with Gasteiger partial charge in [-0.25, -0.2) is 0 Å². The molecule has 0 aliphatic carbocycles. The lowest BCUT2D eigenvalue weighted by atomic mass is 9.96. The molecule has 0 saturated heterocycles. The van der Waals surface area contributed by atoms with Crippen molar-refractivity contribution in [2.45, 2.75) is 12.8 Å². The summed E-state index contributed by atoms with van der Waals surface area (Å²) in [6.45, 7) is -0.0607. The Morgan fingerprint density at radius 2 is 1.38 bits per heavy atom. The smallest absolute Gasteiger partial charge is 0.416 e. The number of alkyl halides is 3. The average Bonchev–Trinajstić information content (AvgIpc) is 2.87. The van der Waals surface area contributed by atoms with Crippen LogP contribution in [0.15, 0.2) is 72.8 Å². The standard InChI is InChI=1S/C28H23F3O6/c1-35-24-14-21(17-5-10-20(32)11-6-17)27(36-2)26(34)25(24)18-7-12-23(22(33)13-18)37-15-16-3-8-19(9-4-16)28(29,30)31/h3-14,32-34H,15H2,1-2H3. The highest BCUT2D eigenvalue weighted by atomic mass is 19.4. The van der Waals surface area contributed by atoms with E-state index in [1.54, 1.807) is 24.3 Å². The highest BCUT2D eigenvalue weighted by Gasteiger charge is 2.30. The van der Waals surface area contributed by atoms with Crippen molar-refractivity contribution in [3.63, 3.8) is 0 Å². The second-order valence-corrected chi connectivity index (χ2v) is 8.10. The third-order valence-corrected chi connectivity index (χ3v) is 5.74. The summed E-state index contributed by atoms with van der Waals surface area (Å²) in [7, 11) is 2.84. The predicted octanol–water partition coefficient (Wildman–Crippen LogP) is 6.75. The molecule has 0 bridgehead atoms. The summed E-state index contributed by atoms with van der Waals surface area (Å²) in [5.74, 6) is 0.208. The first-order valence-electron chi connectivity index (χ1n) is 11.0. The fourth-order valence-corrected chi connectivity index (χ4v) is 3.87. The van der Waals surface area contributed by atoms with Crippen molar-refractivity contribution in [1.82, 2.24) is 0 Å². The normalized spacial score (nSPS) is 11.3. The van der Waals surface area contributed by atoms with Gasteiger partial charge in [-0.3, -0.25) is 0 Å². The van der Waals surface area contributed by atoms with E-state index in [9.17, 15) is 28.5 Å². The largest absolute Gasteiger partial charge is 0.508 e. The van der Waals surface area contributed by atoms with Crippen LogP contribution < -0.4 is 14.2 Å². The lowest BCUT2D eigenvalue weighted by Crippen LogP contribution is -2.05. The Morgan fingerprint density at radius 1 is 0.730 bits per heavy atom. The molecule has 0 amide bonds. The molecule has 0 aliphatic heterocycles. The molecule has 0 fully saturated rings. The molecular weight excluding hydrogens is 489 g/mol. The van der Waals surface area contributed by atoms with Gasteiger partial charge in [0.2, 0.25) is 0 Å². The number of hydrogen-bond acceptors (Lipinski definition) is 6. The molecule has 0 aromatic heterocycles. The van der Waals surface area contributed by atoms with E-state index in [-0.39, 0.29) is 40.9 Å². The third kappa shape index (κ3) is 5.35. The molecule has 192 valence electrons. The molecule has 4 aromatic rings. The number of phenols is 3. The van der Waals surface area contributed by atoms with Crippen LogP contribution in [-0.2, 0) is 12.8 Å². The Balaban J connectivity index is 1.63. The van der Waals surface area contributed by atoms with Crippen molar-refractivity contribution in [2.75, 3.05) is 14.2 Å². The molecule has 4 rings (SSSR count). The van der Waals surface area contributed by atoms with E-state index in [4.69, 9.17) is 14.2 Å². The van der Waals surface area contributed by atoms with Crippen LogP contribution in [0.4, 0.5) is 13.2 Å². The molecule has 0 unspecified atom stereocenters. The lowest BCUT2D eigenvalue weighted by Gasteiger charge is -2.18. The van der Waals surface area contributed by atoms with E-state index in [0.717, 1.165) is 12.1 Å². The van der Waals surface area contributed by atoms with Gasteiger partial charge in [0.05, 0.1) is 25.3 Å². The summed E-state index contributed by atoms with van der Waals surface area (Å²) in [6.07, 6.45) is -4.43. The third-order valence-electron chi connectivity index (χ3n) is 5.74. The van der Waals surface area contributed by atoms with Crippen molar-refractivity contribution in [3.8, 4) is 56.8 Å². The topological polar surface area (TPSA) is 88.4 Å². The van der Waals surface area contributed by atoms with Crippen LogP contribution in [0.5, 0.6) is 34.5 Å². The van der Waals surface area contributed by atoms with Gasteiger partial charge in [-0.2, -0.15) is 13.2 Å². The number of phenolic OH excluding ortho intramolecular Hbond substituents is 3. The van der Waals surface area contributed by atoms with Crippen molar-refractivity contribution < 1.29 is 42.7 Å². The van der Waals surface area contributed by atoms with Crippen molar-refractivity contribution in [1.29, 1.82) is 0 Å². The predicted molar refractivity (Wildman–Crippen MR) is 131 cm³/mol. The van der Waals surface area contributed by atoms with Crippen LogP contribution in [0.3, 0.4) is 0 Å². The Bertz CT molecular complexity index is 1400. The van der Waals surface area contributed by atoms with Gasteiger partial charge in [-0.15, -0.1) is 0 Å². The molecular formula is C28H23F3O6. The van der Waals surface area contributed by atoms with E-state index in [1.807, 2.05) is 0 Å². The Kier molecular flexibility index (Phi) is 7.06. The first-order chi connectivity index (χ1) is 17.6. The van der Waals surface area contributed by atoms with Crippen molar-refractivity contribution in [2.24, 2.45) is 0 Å². The summed E-state index contributed by atoms with van der Waals surface area (Å²) in [5, 5.41) is 31.3. The van der Waals surface area contributed by atoms with Crippen molar-refractivity contribution in [3.05, 3.63) is 83.9 Å². The first-order valence-corrected chi connectivity index (χ1v) is 11.0. The summed E-state index contributed by atoms with van der Waals surface area (Å²) < 4.78 is 54.8. The molecule has 0 heterocycles. The number of hydrogen-bond donors (Lipinski definition) is 3. The maximum absolute atomic E-state index is 12.7. The molecule has 0 aliphatic rings. The summed E-state index contributed by atoms with van der Waals surface area (Å²) >= 11 is 0. The average molecular weight is 512 g/mol. The monoisotopic (exact) mass is 512 g/mol. The maximum atomic E-state index is 12.7. The van der Waals surface area contributed by atoms with Crippen LogP contribution in [0.1, 0.15) is 11.1 Å². The van der Waals surface area contributed by atoms with Gasteiger partial charge in [0.1, 0.15) is 18.1 Å². The summed E-state index contributed by atoms with van der Waals surface area (Å²) in [5.41, 5.74) is 1.61. The zero-order valence-electron chi connectivity index (χ0n) is 19.8. The minimum atomic E-state index is -4.43. The van der Waals surface area contributed by atoms with E-state index in [2.05, 4.69) is 0 Å². The summed E-state index contributed by atoms with van der Waals surface area (Å²) in [6, 6.07) is 17.0. The first kappa shape index (κ1) is 25.6. The van der Waals surface area contributed by atoms with Crippen LogP contribution in [-0.4, -0.2) is 29.5 Å². The van der Waals surface area contributed by atoms with Crippen LogP contribution in [0.25, 0.3) is 22.3 Å². The van der Waals surface area contributed by atoms with Crippen LogP contribution >= 0.6 is 0 Å². The van der Waals surface area contributed by atoms with Crippen LogP contribution in [0, 0.1) is 0 Å². The van der Waals surface area contributed by atoms with Gasteiger partial charge >= 0.3 is 6.18 Å². The second-order valence-electron chi connectivity index (χ2n) is 8.10. The zero-order chi connectivity index (χ0) is 26.7. The van der Waals surface area contributed by atoms with E-state index < -0.39 is 11.7 Å². The van der Waals surface area contributed by atoms with E-state index in [0.29, 0.717) is 28.0 Å². The number of methoxy groups -OCH3 is 2. The van der Waals surface area contributed by atoms with Gasteiger partial charge in [0, 0.05) is 5.56 Å². The van der Waals surface area contributed by atoms with E-state index in [1.165, 1.54) is 50.6 Å². The van der Waals surface area contributed by atoms with Crippen molar-refractivity contribution >= 4 is 0 Å². The number of halogens is 3. The molecule has 9 heteroatoms. The number of benzene rings is 4. The molecule has 0 radical (unpaired) electrons. The lowest BCUT2D eigenvalue weighted by molar-refractivity contribution is -0.137. The minimum absolute atomic E-state index is 0.0607. The van der Waals surface area contributed by atoms with Crippen LogP contribution in [0.2, 0.25) is 0 Å². The highest BCUT2D eigenvalue weighted by molar-refractivity contribution is 5.88. The minimum Gasteiger partial charge on any atom is -0.508 e. The number of ether oxygens (including phenoxy) is 3. The maximum Gasteiger partial charge on any atom is 0.416 e. The van der Waals surface area contributed by atoms with Gasteiger partial charge < -0.3 is 29.5 Å². The Labute approximate surface area is 210 Å². The number of rotatable bonds is 7. The second kappa shape index (κ2) is 10.2. The highest BCUT2D eigenvalue weighted by Crippen LogP contribution is 2.50.